The fourth-order valence-electron chi connectivity index (χ4n) is 5.01. The molecule has 2 bridgehead atoms. The highest BCUT2D eigenvalue weighted by atomic mass is 32.1. The summed E-state index contributed by atoms with van der Waals surface area (Å²) in [5.41, 5.74) is 0. The molecule has 3 aliphatic carbocycles. The molecule has 1 aromatic rings. The van der Waals surface area contributed by atoms with Crippen molar-refractivity contribution in [1.82, 2.24) is 5.32 Å². The molecule has 5 atom stereocenters. The van der Waals surface area contributed by atoms with Crippen LogP contribution < -0.4 is 5.32 Å². The van der Waals surface area contributed by atoms with Crippen LogP contribution in [-0.4, -0.2) is 6.04 Å². The van der Waals surface area contributed by atoms with Crippen LogP contribution in [0.5, 0.6) is 0 Å². The fourth-order valence-corrected chi connectivity index (χ4v) is 5.89. The molecule has 1 N–H and O–H groups in total. The number of hydrogen-bond donors (Lipinski definition) is 1. The van der Waals surface area contributed by atoms with Gasteiger partial charge in [-0.3, -0.25) is 0 Å². The summed E-state index contributed by atoms with van der Waals surface area (Å²) in [4.78, 5) is 1.56. The monoisotopic (exact) mass is 301 g/mol. The van der Waals surface area contributed by atoms with Crippen molar-refractivity contribution in [2.45, 2.75) is 57.5 Å². The number of hydrogen-bond acceptors (Lipinski definition) is 2. The summed E-state index contributed by atoms with van der Waals surface area (Å²) in [6.07, 6.45) is 13.5. The van der Waals surface area contributed by atoms with Gasteiger partial charge in [0.1, 0.15) is 0 Å². The van der Waals surface area contributed by atoms with Gasteiger partial charge < -0.3 is 5.32 Å². The van der Waals surface area contributed by atoms with E-state index in [2.05, 4.69) is 41.9 Å². The van der Waals surface area contributed by atoms with E-state index in [1.165, 1.54) is 38.5 Å². The first-order chi connectivity index (χ1) is 10.3. The minimum atomic E-state index is 0.602. The highest BCUT2D eigenvalue weighted by Gasteiger charge is 2.39. The molecule has 0 aliphatic heterocycles. The Labute approximate surface area is 132 Å². The van der Waals surface area contributed by atoms with Crippen LogP contribution in [0.4, 0.5) is 0 Å². The van der Waals surface area contributed by atoms with E-state index in [-0.39, 0.29) is 0 Å². The molecule has 3 aliphatic rings. The highest BCUT2D eigenvalue weighted by Crippen LogP contribution is 2.46. The summed E-state index contributed by atoms with van der Waals surface area (Å²) in [5.74, 6) is 3.46. The molecule has 0 amide bonds. The summed E-state index contributed by atoms with van der Waals surface area (Å²) in [7, 11) is 0. The van der Waals surface area contributed by atoms with Gasteiger partial charge in [-0.15, -0.1) is 11.3 Å². The Balaban J connectivity index is 1.47. The van der Waals surface area contributed by atoms with E-state index < -0.39 is 0 Å². The molecule has 0 aromatic carbocycles. The van der Waals surface area contributed by atoms with Gasteiger partial charge in [0.15, 0.2) is 0 Å². The molecule has 2 heteroatoms. The normalized spacial score (nSPS) is 34.6. The third-order valence-electron chi connectivity index (χ3n) is 6.14. The zero-order chi connectivity index (χ0) is 14.2. The van der Waals surface area contributed by atoms with Gasteiger partial charge in [-0.1, -0.05) is 31.1 Å². The first kappa shape index (κ1) is 14.0. The van der Waals surface area contributed by atoms with Crippen molar-refractivity contribution >= 4 is 11.3 Å². The lowest BCUT2D eigenvalue weighted by Gasteiger charge is -2.33. The first-order valence-electron chi connectivity index (χ1n) is 8.79. The second-order valence-corrected chi connectivity index (χ2v) is 8.42. The zero-order valence-electron chi connectivity index (χ0n) is 13.0. The lowest BCUT2D eigenvalue weighted by molar-refractivity contribution is 0.262. The van der Waals surface area contributed by atoms with Crippen molar-refractivity contribution in [3.05, 3.63) is 34.5 Å². The molecular formula is C19H27NS. The molecule has 0 radical (unpaired) electrons. The lowest BCUT2D eigenvalue weighted by atomic mass is 9.86. The van der Waals surface area contributed by atoms with Crippen molar-refractivity contribution < 1.29 is 0 Å². The topological polar surface area (TPSA) is 12.0 Å². The number of allylic oxidation sites excluding steroid dienone is 2. The largest absolute Gasteiger partial charge is 0.306 e. The molecule has 4 rings (SSSR count). The summed E-state index contributed by atoms with van der Waals surface area (Å²) < 4.78 is 0. The summed E-state index contributed by atoms with van der Waals surface area (Å²) in [6.45, 7) is 2.44. The van der Waals surface area contributed by atoms with Gasteiger partial charge in [0.2, 0.25) is 0 Å². The number of thiophene rings is 1. The SMILES string of the molecule is CC(NC(c1cccs1)C1CCCC1)C1CC2C=CC1C2. The minimum Gasteiger partial charge on any atom is -0.306 e. The van der Waals surface area contributed by atoms with Crippen molar-refractivity contribution in [1.29, 1.82) is 0 Å². The van der Waals surface area contributed by atoms with E-state index in [4.69, 9.17) is 0 Å². The van der Waals surface area contributed by atoms with E-state index in [0.29, 0.717) is 12.1 Å². The van der Waals surface area contributed by atoms with Crippen LogP contribution >= 0.6 is 11.3 Å². The number of nitrogens with one attached hydrogen (secondary N) is 1. The maximum Gasteiger partial charge on any atom is 0.0445 e. The van der Waals surface area contributed by atoms with Gasteiger partial charge in [-0.2, -0.15) is 0 Å². The third-order valence-corrected chi connectivity index (χ3v) is 7.09. The van der Waals surface area contributed by atoms with E-state index in [0.717, 1.165) is 23.7 Å². The number of fused-ring (bicyclic) bond motifs is 2. The molecule has 0 spiro atoms. The van der Waals surface area contributed by atoms with Gasteiger partial charge in [0.05, 0.1) is 0 Å². The predicted molar refractivity (Wildman–Crippen MR) is 90.5 cm³/mol. The highest BCUT2D eigenvalue weighted by molar-refractivity contribution is 7.10. The second-order valence-electron chi connectivity index (χ2n) is 7.44. The second kappa shape index (κ2) is 5.89. The van der Waals surface area contributed by atoms with Gasteiger partial charge in [0.25, 0.3) is 0 Å². The minimum absolute atomic E-state index is 0.602. The number of rotatable bonds is 5. The molecule has 1 heterocycles. The quantitative estimate of drug-likeness (QED) is 0.740. The Morgan fingerprint density at radius 3 is 2.67 bits per heavy atom. The van der Waals surface area contributed by atoms with E-state index in [1.807, 2.05) is 11.3 Å². The molecule has 1 aromatic heterocycles. The Kier molecular flexibility index (Phi) is 3.93. The van der Waals surface area contributed by atoms with Gasteiger partial charge in [-0.05, 0) is 67.7 Å². The Morgan fingerprint density at radius 2 is 2.05 bits per heavy atom. The summed E-state index contributed by atoms with van der Waals surface area (Å²) in [5, 5.41) is 6.30. The van der Waals surface area contributed by atoms with Crippen LogP contribution in [0.25, 0.3) is 0 Å². The van der Waals surface area contributed by atoms with Crippen LogP contribution in [0.1, 0.15) is 56.4 Å². The average molecular weight is 301 g/mol. The summed E-state index contributed by atoms with van der Waals surface area (Å²) in [6, 6.07) is 5.81. The molecular weight excluding hydrogens is 274 g/mol. The van der Waals surface area contributed by atoms with Crippen LogP contribution in [-0.2, 0) is 0 Å². The third kappa shape index (κ3) is 2.73. The molecule has 2 saturated carbocycles. The molecule has 5 unspecified atom stereocenters. The zero-order valence-corrected chi connectivity index (χ0v) is 13.8. The van der Waals surface area contributed by atoms with Gasteiger partial charge >= 0.3 is 0 Å². The average Bonchev–Trinajstić information content (AvgIpc) is 3.30. The molecule has 1 nitrogen and oxygen atoms in total. The predicted octanol–water partition coefficient (Wildman–Crippen LogP) is 5.17. The van der Waals surface area contributed by atoms with Crippen molar-refractivity contribution in [3.8, 4) is 0 Å². The van der Waals surface area contributed by atoms with Crippen LogP contribution in [0.2, 0.25) is 0 Å². The maximum absolute atomic E-state index is 4.06. The standard InChI is InChI=1S/C19H27NS/c1-13(17-12-14-8-9-16(17)11-14)20-19(15-5-2-3-6-15)18-7-4-10-21-18/h4,7-10,13-17,19-20H,2-3,5-6,11-12H2,1H3. The fraction of sp³-hybridized carbons (Fsp3) is 0.684. The van der Waals surface area contributed by atoms with Crippen molar-refractivity contribution in [2.24, 2.45) is 23.7 Å². The van der Waals surface area contributed by atoms with Crippen molar-refractivity contribution in [3.63, 3.8) is 0 Å². The van der Waals surface area contributed by atoms with E-state index >= 15 is 0 Å². The van der Waals surface area contributed by atoms with E-state index in [1.54, 1.807) is 4.88 Å². The Hall–Kier alpha value is -0.600. The van der Waals surface area contributed by atoms with Crippen LogP contribution in [0.3, 0.4) is 0 Å². The maximum atomic E-state index is 4.06. The molecule has 21 heavy (non-hydrogen) atoms. The van der Waals surface area contributed by atoms with Gasteiger partial charge in [0, 0.05) is 17.0 Å². The lowest BCUT2D eigenvalue weighted by Crippen LogP contribution is -2.40. The van der Waals surface area contributed by atoms with Gasteiger partial charge in [-0.25, -0.2) is 0 Å². The van der Waals surface area contributed by atoms with Crippen LogP contribution in [0.15, 0.2) is 29.7 Å². The Bertz CT molecular complexity index is 486. The van der Waals surface area contributed by atoms with Crippen LogP contribution in [0, 0.1) is 23.7 Å². The van der Waals surface area contributed by atoms with Crippen molar-refractivity contribution in [2.75, 3.05) is 0 Å². The smallest absolute Gasteiger partial charge is 0.0445 e. The summed E-state index contributed by atoms with van der Waals surface area (Å²) >= 11 is 1.94. The first-order valence-corrected chi connectivity index (χ1v) is 9.67. The molecule has 114 valence electrons. The molecule has 0 saturated heterocycles. The van der Waals surface area contributed by atoms with E-state index in [9.17, 15) is 0 Å². The molecule has 2 fully saturated rings. The Morgan fingerprint density at radius 1 is 1.19 bits per heavy atom.